The number of carbonyl (C=O) groups is 2. The molecule has 1 heterocycles. The van der Waals surface area contributed by atoms with Crippen LogP contribution in [0.2, 0.25) is 5.02 Å². The van der Waals surface area contributed by atoms with Crippen LogP contribution in [0.15, 0.2) is 60.8 Å². The predicted molar refractivity (Wildman–Crippen MR) is 92.5 cm³/mol. The molecular formula is C18H14ClN3O2. The van der Waals surface area contributed by atoms with Crippen LogP contribution in [0, 0.1) is 0 Å². The minimum atomic E-state index is -0.413. The molecule has 0 aliphatic carbocycles. The molecular weight excluding hydrogens is 326 g/mol. The first kappa shape index (κ1) is 16.0. The van der Waals surface area contributed by atoms with Crippen LogP contribution in [0.3, 0.4) is 0 Å². The third-order valence-electron chi connectivity index (χ3n) is 3.47. The number of nitrogens with zero attached hydrogens (tertiary/aromatic N) is 1. The van der Waals surface area contributed by atoms with Crippen molar-refractivity contribution in [2.24, 2.45) is 0 Å². The van der Waals surface area contributed by atoms with Crippen LogP contribution in [0.5, 0.6) is 0 Å². The van der Waals surface area contributed by atoms with Gasteiger partial charge in [-0.3, -0.25) is 25.4 Å². The molecule has 5 nitrogen and oxygen atoms in total. The lowest BCUT2D eigenvalue weighted by Crippen LogP contribution is -2.42. The van der Waals surface area contributed by atoms with Crippen LogP contribution in [0.25, 0.3) is 10.9 Å². The van der Waals surface area contributed by atoms with Gasteiger partial charge in [0.2, 0.25) is 5.91 Å². The second-order valence-corrected chi connectivity index (χ2v) is 5.62. The number of carbonyl (C=O) groups excluding carboxylic acids is 2. The lowest BCUT2D eigenvalue weighted by Gasteiger charge is -2.09. The summed E-state index contributed by atoms with van der Waals surface area (Å²) in [6.07, 6.45) is 1.77. The normalized spacial score (nSPS) is 10.4. The van der Waals surface area contributed by atoms with Gasteiger partial charge in [0.1, 0.15) is 0 Å². The number of fused-ring (bicyclic) bond motifs is 1. The number of hydrogen-bond donors (Lipinski definition) is 2. The Kier molecular flexibility index (Phi) is 4.72. The molecule has 3 rings (SSSR count). The van der Waals surface area contributed by atoms with Crippen molar-refractivity contribution >= 4 is 34.3 Å². The molecule has 0 atom stereocenters. The van der Waals surface area contributed by atoms with E-state index in [9.17, 15) is 9.59 Å². The highest BCUT2D eigenvalue weighted by molar-refractivity contribution is 6.30. The van der Waals surface area contributed by atoms with E-state index >= 15 is 0 Å². The molecule has 2 N–H and O–H groups in total. The third-order valence-corrected chi connectivity index (χ3v) is 3.72. The highest BCUT2D eigenvalue weighted by Crippen LogP contribution is 2.15. The average molecular weight is 340 g/mol. The maximum Gasteiger partial charge on any atom is 0.271 e. The summed E-state index contributed by atoms with van der Waals surface area (Å²) in [5.74, 6) is -0.734. The van der Waals surface area contributed by atoms with Crippen LogP contribution in [-0.2, 0) is 11.2 Å². The van der Waals surface area contributed by atoms with E-state index in [1.165, 1.54) is 0 Å². The molecule has 3 aromatic rings. The molecule has 2 amide bonds. The molecule has 0 bridgehead atoms. The Morgan fingerprint density at radius 1 is 0.958 bits per heavy atom. The Morgan fingerprint density at radius 3 is 2.50 bits per heavy atom. The van der Waals surface area contributed by atoms with Gasteiger partial charge in [-0.15, -0.1) is 0 Å². The van der Waals surface area contributed by atoms with Gasteiger partial charge < -0.3 is 0 Å². The van der Waals surface area contributed by atoms with E-state index in [2.05, 4.69) is 15.8 Å². The van der Waals surface area contributed by atoms with E-state index in [-0.39, 0.29) is 12.3 Å². The minimum Gasteiger partial charge on any atom is -0.273 e. The van der Waals surface area contributed by atoms with Crippen LogP contribution >= 0.6 is 11.6 Å². The number of benzene rings is 2. The Balaban J connectivity index is 1.64. The molecule has 0 aliphatic heterocycles. The first-order valence-corrected chi connectivity index (χ1v) is 7.68. The van der Waals surface area contributed by atoms with E-state index in [0.29, 0.717) is 16.1 Å². The number of amides is 2. The summed E-state index contributed by atoms with van der Waals surface area (Å²) in [5, 5.41) is 1.47. The van der Waals surface area contributed by atoms with Crippen molar-refractivity contribution in [2.75, 3.05) is 0 Å². The van der Waals surface area contributed by atoms with Gasteiger partial charge in [0.05, 0.1) is 17.5 Å². The fourth-order valence-corrected chi connectivity index (χ4v) is 2.44. The second-order valence-electron chi connectivity index (χ2n) is 5.19. The van der Waals surface area contributed by atoms with Crippen LogP contribution in [0.4, 0.5) is 0 Å². The van der Waals surface area contributed by atoms with Crippen molar-refractivity contribution in [3.05, 3.63) is 76.9 Å². The fraction of sp³-hybridized carbons (Fsp3) is 0.0556. The summed E-state index contributed by atoms with van der Waals surface area (Å²) in [7, 11) is 0. The summed E-state index contributed by atoms with van der Waals surface area (Å²) >= 11 is 5.80. The molecule has 24 heavy (non-hydrogen) atoms. The molecule has 0 spiro atoms. The van der Waals surface area contributed by atoms with Crippen molar-refractivity contribution in [2.45, 2.75) is 6.42 Å². The average Bonchev–Trinajstić information content (AvgIpc) is 2.61. The Morgan fingerprint density at radius 2 is 1.71 bits per heavy atom. The van der Waals surface area contributed by atoms with Gasteiger partial charge in [-0.05, 0) is 29.8 Å². The van der Waals surface area contributed by atoms with Crippen molar-refractivity contribution in [3.63, 3.8) is 0 Å². The fourth-order valence-electron chi connectivity index (χ4n) is 2.31. The van der Waals surface area contributed by atoms with Crippen LogP contribution < -0.4 is 10.9 Å². The van der Waals surface area contributed by atoms with Gasteiger partial charge in [0.15, 0.2) is 0 Å². The van der Waals surface area contributed by atoms with Gasteiger partial charge in [-0.2, -0.15) is 0 Å². The predicted octanol–water partition coefficient (Wildman–Crippen LogP) is 2.89. The zero-order chi connectivity index (χ0) is 16.9. The summed E-state index contributed by atoms with van der Waals surface area (Å²) in [6, 6.07) is 15.9. The topological polar surface area (TPSA) is 71.1 Å². The largest absolute Gasteiger partial charge is 0.273 e. The molecule has 2 aromatic carbocycles. The summed E-state index contributed by atoms with van der Waals surface area (Å²) in [5.41, 5.74) is 6.62. The van der Waals surface area contributed by atoms with E-state index in [0.717, 1.165) is 10.9 Å². The number of nitrogens with one attached hydrogen (secondary N) is 2. The Bertz CT molecular complexity index is 889. The number of rotatable bonds is 3. The molecule has 0 unspecified atom stereocenters. The number of hydrogen-bond acceptors (Lipinski definition) is 3. The maximum absolute atomic E-state index is 12.3. The van der Waals surface area contributed by atoms with Crippen molar-refractivity contribution in [3.8, 4) is 0 Å². The number of aromatic nitrogens is 1. The van der Waals surface area contributed by atoms with Gasteiger partial charge in [0, 0.05) is 16.6 Å². The Hall–Kier alpha value is -2.92. The highest BCUT2D eigenvalue weighted by Gasteiger charge is 2.12. The number of para-hydroxylation sites is 1. The summed E-state index contributed by atoms with van der Waals surface area (Å²) < 4.78 is 0. The van der Waals surface area contributed by atoms with Crippen molar-refractivity contribution < 1.29 is 9.59 Å². The number of halogens is 1. The first-order valence-electron chi connectivity index (χ1n) is 7.31. The molecule has 0 saturated heterocycles. The van der Waals surface area contributed by atoms with E-state index in [1.807, 2.05) is 12.1 Å². The van der Waals surface area contributed by atoms with Crippen molar-refractivity contribution in [1.82, 2.24) is 15.8 Å². The van der Waals surface area contributed by atoms with Gasteiger partial charge in [0.25, 0.3) is 5.91 Å². The summed E-state index contributed by atoms with van der Waals surface area (Å²) in [4.78, 5) is 28.4. The second kappa shape index (κ2) is 7.10. The van der Waals surface area contributed by atoms with Gasteiger partial charge >= 0.3 is 0 Å². The molecule has 0 fully saturated rings. The maximum atomic E-state index is 12.3. The van der Waals surface area contributed by atoms with Crippen molar-refractivity contribution in [1.29, 1.82) is 0 Å². The van der Waals surface area contributed by atoms with Gasteiger partial charge in [-0.25, -0.2) is 0 Å². The molecule has 6 heteroatoms. The SMILES string of the molecule is O=C(Cc1ccc(Cl)cc1)NNC(=O)c1cccc2cccnc12. The third kappa shape index (κ3) is 3.70. The smallest absolute Gasteiger partial charge is 0.271 e. The molecule has 0 radical (unpaired) electrons. The lowest BCUT2D eigenvalue weighted by atomic mass is 10.1. The monoisotopic (exact) mass is 339 g/mol. The van der Waals surface area contributed by atoms with Crippen LogP contribution in [-0.4, -0.2) is 16.8 Å². The molecule has 0 saturated carbocycles. The van der Waals surface area contributed by atoms with Crippen LogP contribution in [0.1, 0.15) is 15.9 Å². The quantitative estimate of drug-likeness (QED) is 0.721. The minimum absolute atomic E-state index is 0.144. The van der Waals surface area contributed by atoms with E-state index in [4.69, 9.17) is 11.6 Å². The standard InChI is InChI=1S/C18H14ClN3O2/c19-14-8-6-12(7-9-14)11-16(23)21-22-18(24)15-5-1-3-13-4-2-10-20-17(13)15/h1-10H,11H2,(H,21,23)(H,22,24). The number of pyridine rings is 1. The zero-order valence-electron chi connectivity index (χ0n) is 12.6. The first-order chi connectivity index (χ1) is 11.6. The molecule has 120 valence electrons. The Labute approximate surface area is 143 Å². The van der Waals surface area contributed by atoms with Gasteiger partial charge in [-0.1, -0.05) is 41.9 Å². The molecule has 1 aromatic heterocycles. The molecule has 0 aliphatic rings. The summed E-state index contributed by atoms with van der Waals surface area (Å²) in [6.45, 7) is 0. The van der Waals surface area contributed by atoms with E-state index < -0.39 is 5.91 Å². The number of hydrazine groups is 1. The zero-order valence-corrected chi connectivity index (χ0v) is 13.4. The highest BCUT2D eigenvalue weighted by atomic mass is 35.5. The van der Waals surface area contributed by atoms with E-state index in [1.54, 1.807) is 48.7 Å². The lowest BCUT2D eigenvalue weighted by molar-refractivity contribution is -0.121.